The fraction of sp³-hybridized carbons (Fsp3) is 0.111. The van der Waals surface area contributed by atoms with Crippen LogP contribution in [0.5, 0.6) is 0 Å². The van der Waals surface area contributed by atoms with Crippen LogP contribution in [0.2, 0.25) is 0 Å². The van der Waals surface area contributed by atoms with Gasteiger partial charge in [0.1, 0.15) is 11.5 Å². The second kappa shape index (κ2) is 6.16. The summed E-state index contributed by atoms with van der Waals surface area (Å²) in [5.74, 6) is -1.95. The molecule has 0 atom stereocenters. The number of carboxylic acids is 1. The number of para-hydroxylation sites is 1. The van der Waals surface area contributed by atoms with Crippen LogP contribution in [0.25, 0.3) is 10.9 Å². The number of carbonyl (C=O) groups is 2. The summed E-state index contributed by atoms with van der Waals surface area (Å²) in [5, 5.41) is 12.6. The molecule has 0 bridgehead atoms. The van der Waals surface area contributed by atoms with E-state index in [4.69, 9.17) is 0 Å². The van der Waals surface area contributed by atoms with Gasteiger partial charge in [0, 0.05) is 22.2 Å². The van der Waals surface area contributed by atoms with Gasteiger partial charge in [-0.25, -0.2) is 9.18 Å². The van der Waals surface area contributed by atoms with E-state index < -0.39 is 17.7 Å². The zero-order chi connectivity index (χ0) is 17.3. The van der Waals surface area contributed by atoms with Crippen molar-refractivity contribution in [3.63, 3.8) is 0 Å². The van der Waals surface area contributed by atoms with Crippen LogP contribution in [-0.4, -0.2) is 22.0 Å². The second-order valence-electron chi connectivity index (χ2n) is 5.52. The van der Waals surface area contributed by atoms with Gasteiger partial charge in [0.2, 0.25) is 5.91 Å². The summed E-state index contributed by atoms with van der Waals surface area (Å²) in [7, 11) is 0. The summed E-state index contributed by atoms with van der Waals surface area (Å²) < 4.78 is 13.6. The largest absolute Gasteiger partial charge is 0.477 e. The van der Waals surface area contributed by atoms with Gasteiger partial charge >= 0.3 is 5.97 Å². The summed E-state index contributed by atoms with van der Waals surface area (Å²) in [6.07, 6.45) is -0.124. The Labute approximate surface area is 137 Å². The number of nitrogens with one attached hydrogen (secondary N) is 2. The molecule has 6 heteroatoms. The SMILES string of the molecule is Cc1ccc(NC(=O)Cc2c(C(=O)O)[nH]c3ccccc23)cc1F. The van der Waals surface area contributed by atoms with Crippen molar-refractivity contribution >= 4 is 28.5 Å². The number of fused-ring (bicyclic) bond motifs is 1. The van der Waals surface area contributed by atoms with Crippen molar-refractivity contribution in [3.05, 3.63) is 65.1 Å². The molecule has 0 radical (unpaired) electrons. The molecule has 0 aliphatic rings. The molecule has 1 heterocycles. The summed E-state index contributed by atoms with van der Waals surface area (Å²) in [5.41, 5.74) is 1.86. The number of carboxylic acid groups (broad SMARTS) is 1. The molecule has 0 saturated heterocycles. The van der Waals surface area contributed by atoms with Gasteiger partial charge in [-0.05, 0) is 30.7 Å². The van der Waals surface area contributed by atoms with Gasteiger partial charge in [-0.3, -0.25) is 4.79 Å². The number of hydrogen-bond donors (Lipinski definition) is 3. The third-order valence-corrected chi connectivity index (χ3v) is 3.82. The van der Waals surface area contributed by atoms with Crippen LogP contribution in [0.1, 0.15) is 21.6 Å². The topological polar surface area (TPSA) is 82.2 Å². The predicted octanol–water partition coefficient (Wildman–Crippen LogP) is 3.49. The Kier molecular flexibility index (Phi) is 4.04. The number of carbonyl (C=O) groups excluding carboxylic acids is 1. The molecule has 3 aromatic rings. The molecule has 0 aliphatic heterocycles. The average molecular weight is 326 g/mol. The number of H-pyrrole nitrogens is 1. The van der Waals surface area contributed by atoms with Gasteiger partial charge in [0.25, 0.3) is 0 Å². The van der Waals surface area contributed by atoms with Crippen molar-refractivity contribution in [2.24, 2.45) is 0 Å². The molecule has 3 rings (SSSR count). The number of rotatable bonds is 4. The van der Waals surface area contributed by atoms with Crippen LogP contribution < -0.4 is 5.32 Å². The van der Waals surface area contributed by atoms with Crippen LogP contribution in [0.15, 0.2) is 42.5 Å². The molecule has 24 heavy (non-hydrogen) atoms. The van der Waals surface area contributed by atoms with Crippen molar-refractivity contribution < 1.29 is 19.1 Å². The van der Waals surface area contributed by atoms with E-state index in [1.807, 2.05) is 0 Å². The summed E-state index contributed by atoms with van der Waals surface area (Å²) in [6, 6.07) is 11.5. The average Bonchev–Trinajstić information content (AvgIpc) is 2.90. The van der Waals surface area contributed by atoms with E-state index in [0.717, 1.165) is 0 Å². The molecule has 122 valence electrons. The zero-order valence-corrected chi connectivity index (χ0v) is 12.9. The molecule has 0 unspecified atom stereocenters. The van der Waals surface area contributed by atoms with Crippen LogP contribution in [0.3, 0.4) is 0 Å². The standard InChI is InChI=1S/C18H15FN2O3/c1-10-6-7-11(8-14(10)19)20-16(22)9-13-12-4-2-3-5-15(12)21-17(13)18(23)24/h2-8,21H,9H2,1H3,(H,20,22)(H,23,24). The maximum atomic E-state index is 13.6. The number of benzene rings is 2. The minimum atomic E-state index is -1.13. The van der Waals surface area contributed by atoms with Crippen LogP contribution in [-0.2, 0) is 11.2 Å². The Morgan fingerprint density at radius 2 is 1.96 bits per heavy atom. The van der Waals surface area contributed by atoms with E-state index in [2.05, 4.69) is 10.3 Å². The molecule has 5 nitrogen and oxygen atoms in total. The smallest absolute Gasteiger partial charge is 0.352 e. The van der Waals surface area contributed by atoms with Gasteiger partial charge < -0.3 is 15.4 Å². The normalized spacial score (nSPS) is 10.8. The highest BCUT2D eigenvalue weighted by Gasteiger charge is 2.19. The molecular formula is C18H15FN2O3. The quantitative estimate of drug-likeness (QED) is 0.686. The fourth-order valence-electron chi connectivity index (χ4n) is 2.60. The second-order valence-corrected chi connectivity index (χ2v) is 5.52. The number of aromatic amines is 1. The summed E-state index contributed by atoms with van der Waals surface area (Å²) >= 11 is 0. The van der Waals surface area contributed by atoms with Crippen molar-refractivity contribution in [1.29, 1.82) is 0 Å². The Morgan fingerprint density at radius 3 is 2.67 bits per heavy atom. The first kappa shape index (κ1) is 15.7. The molecule has 0 spiro atoms. The summed E-state index contributed by atoms with van der Waals surface area (Å²) in [4.78, 5) is 26.5. The molecule has 0 aliphatic carbocycles. The molecule has 1 aromatic heterocycles. The van der Waals surface area contributed by atoms with Crippen LogP contribution in [0, 0.1) is 12.7 Å². The number of aromatic nitrogens is 1. The van der Waals surface area contributed by atoms with E-state index >= 15 is 0 Å². The third kappa shape index (κ3) is 2.99. The van der Waals surface area contributed by atoms with E-state index in [9.17, 15) is 19.1 Å². The van der Waals surface area contributed by atoms with E-state index in [0.29, 0.717) is 27.7 Å². The molecule has 0 fully saturated rings. The lowest BCUT2D eigenvalue weighted by atomic mass is 10.1. The summed E-state index contributed by atoms with van der Waals surface area (Å²) in [6.45, 7) is 1.63. The van der Waals surface area contributed by atoms with E-state index in [1.54, 1.807) is 43.3 Å². The lowest BCUT2D eigenvalue weighted by Crippen LogP contribution is -2.16. The Bertz CT molecular complexity index is 947. The number of aryl methyl sites for hydroxylation is 1. The van der Waals surface area contributed by atoms with Crippen molar-refractivity contribution in [3.8, 4) is 0 Å². The minimum Gasteiger partial charge on any atom is -0.477 e. The lowest BCUT2D eigenvalue weighted by molar-refractivity contribution is -0.115. The maximum absolute atomic E-state index is 13.6. The van der Waals surface area contributed by atoms with E-state index in [1.165, 1.54) is 6.07 Å². The molecule has 0 saturated carbocycles. The Hall–Kier alpha value is -3.15. The van der Waals surface area contributed by atoms with Crippen LogP contribution in [0.4, 0.5) is 10.1 Å². The Morgan fingerprint density at radius 1 is 1.21 bits per heavy atom. The number of anilines is 1. The molecule has 1 amide bonds. The molecular weight excluding hydrogens is 311 g/mol. The number of halogens is 1. The van der Waals surface area contributed by atoms with Gasteiger partial charge in [-0.15, -0.1) is 0 Å². The first-order chi connectivity index (χ1) is 11.5. The highest BCUT2D eigenvalue weighted by atomic mass is 19.1. The number of hydrogen-bond acceptors (Lipinski definition) is 2. The first-order valence-corrected chi connectivity index (χ1v) is 7.34. The van der Waals surface area contributed by atoms with Gasteiger partial charge in [0.15, 0.2) is 0 Å². The molecule has 3 N–H and O–H groups in total. The third-order valence-electron chi connectivity index (χ3n) is 3.82. The minimum absolute atomic E-state index is 0.0126. The maximum Gasteiger partial charge on any atom is 0.352 e. The van der Waals surface area contributed by atoms with Gasteiger partial charge in [-0.1, -0.05) is 24.3 Å². The Balaban J connectivity index is 1.88. The predicted molar refractivity (Wildman–Crippen MR) is 88.7 cm³/mol. The molecule has 2 aromatic carbocycles. The first-order valence-electron chi connectivity index (χ1n) is 7.34. The van der Waals surface area contributed by atoms with Crippen molar-refractivity contribution in [1.82, 2.24) is 4.98 Å². The number of aromatic carboxylic acids is 1. The van der Waals surface area contributed by atoms with Crippen LogP contribution >= 0.6 is 0 Å². The van der Waals surface area contributed by atoms with Gasteiger partial charge in [-0.2, -0.15) is 0 Å². The van der Waals surface area contributed by atoms with E-state index in [-0.39, 0.29) is 12.1 Å². The van der Waals surface area contributed by atoms with Crippen molar-refractivity contribution in [2.75, 3.05) is 5.32 Å². The monoisotopic (exact) mass is 326 g/mol. The number of amides is 1. The lowest BCUT2D eigenvalue weighted by Gasteiger charge is -2.07. The van der Waals surface area contributed by atoms with Gasteiger partial charge in [0.05, 0.1) is 6.42 Å². The zero-order valence-electron chi connectivity index (χ0n) is 12.9. The highest BCUT2D eigenvalue weighted by Crippen LogP contribution is 2.23. The fourth-order valence-corrected chi connectivity index (χ4v) is 2.60. The highest BCUT2D eigenvalue weighted by molar-refractivity contribution is 6.02. The van der Waals surface area contributed by atoms with Crippen molar-refractivity contribution in [2.45, 2.75) is 13.3 Å².